The highest BCUT2D eigenvalue weighted by molar-refractivity contribution is 5.94. The molecule has 0 spiro atoms. The Labute approximate surface area is 375 Å². The maximum absolute atomic E-state index is 15.2. The van der Waals surface area contributed by atoms with Crippen molar-refractivity contribution in [2.24, 2.45) is 22.7 Å². The molecule has 2 N–H and O–H groups in total. The second-order valence-corrected chi connectivity index (χ2v) is 22.0. The summed E-state index contributed by atoms with van der Waals surface area (Å²) >= 11 is 0. The number of esters is 2. The Morgan fingerprint density at radius 2 is 1.70 bits per heavy atom. The van der Waals surface area contributed by atoms with Crippen molar-refractivity contribution in [2.75, 3.05) is 6.61 Å². The summed E-state index contributed by atoms with van der Waals surface area (Å²) in [5.74, 6) is -1.15. The Hall–Kier alpha value is -2.87. The first-order valence-corrected chi connectivity index (χ1v) is 24.5. The van der Waals surface area contributed by atoms with Crippen LogP contribution in [0.25, 0.3) is 6.08 Å². The summed E-state index contributed by atoms with van der Waals surface area (Å²) in [6.45, 7) is 16.7. The van der Waals surface area contributed by atoms with Gasteiger partial charge in [0.15, 0.2) is 11.8 Å². The third kappa shape index (κ3) is 9.29. The number of rotatable bonds is 17. The van der Waals surface area contributed by atoms with Gasteiger partial charge in [-0.25, -0.2) is 0 Å². The lowest BCUT2D eigenvalue weighted by Crippen LogP contribution is -2.70. The van der Waals surface area contributed by atoms with Crippen molar-refractivity contribution in [1.29, 1.82) is 0 Å². The van der Waals surface area contributed by atoms with E-state index < -0.39 is 77.8 Å². The second kappa shape index (κ2) is 18.1. The molecule has 0 aromatic heterocycles. The first-order chi connectivity index (χ1) is 29.9. The Morgan fingerprint density at radius 3 is 2.38 bits per heavy atom. The molecule has 4 aliphatic heterocycles. The largest absolute Gasteiger partial charge is 0.460 e. The molecule has 11 atom stereocenters. The minimum Gasteiger partial charge on any atom is -0.460 e. The molecule has 63 heavy (non-hydrogen) atoms. The van der Waals surface area contributed by atoms with Crippen LogP contribution in [-0.4, -0.2) is 94.2 Å². The number of amides is 1. The number of carbonyl (C=O) groups is 3. The number of aliphatic hydroxyl groups is 1. The highest BCUT2D eigenvalue weighted by atomic mass is 16.8. The number of carbonyl (C=O) groups excluding carboxylic acids is 3. The van der Waals surface area contributed by atoms with Crippen molar-refractivity contribution in [3.8, 4) is 0 Å². The lowest BCUT2D eigenvalue weighted by Gasteiger charge is -2.53. The van der Waals surface area contributed by atoms with Gasteiger partial charge >= 0.3 is 11.9 Å². The highest BCUT2D eigenvalue weighted by Crippen LogP contribution is 2.61. The van der Waals surface area contributed by atoms with Gasteiger partial charge in [0.1, 0.15) is 35.4 Å². The topological polar surface area (TPSA) is 145 Å². The number of fused-ring (bicyclic) bond motifs is 6. The van der Waals surface area contributed by atoms with Gasteiger partial charge in [0.05, 0.1) is 30.9 Å². The fourth-order valence-corrected chi connectivity index (χ4v) is 12.3. The van der Waals surface area contributed by atoms with Crippen molar-refractivity contribution < 1.29 is 48.0 Å². The maximum Gasteiger partial charge on any atom is 0.327 e. The van der Waals surface area contributed by atoms with Gasteiger partial charge in [-0.05, 0) is 107 Å². The van der Waals surface area contributed by atoms with Crippen LogP contribution < -0.4 is 5.32 Å². The summed E-state index contributed by atoms with van der Waals surface area (Å²) in [6.07, 6.45) is 13.0. The molecular weight excluding hydrogens is 801 g/mol. The molecule has 2 bridgehead atoms. The molecule has 3 aliphatic carbocycles. The SMILES string of the molecule is CCCCCC1(CCCCC)O[C@@H]2[C@H](O1)[C@H]1ON(Cc3ccccc3C=C3CCC4O[C@]4(C)CC[C@@H]4[C@@H]3CC4(C)C)[C@@H]3C(=O)O[C@@H]2C[C@]13C(=O)N[C@H](CO)CCC(=O)OC(C)(C)C. The number of nitrogens with one attached hydrogen (secondary N) is 1. The standard InChI is InChI=1S/C51H76N2O10/c1-9-11-15-24-50(25-16-12-10-2)61-41-38-29-51(46(57)52-35(31-54)20-22-40(55)60-47(3,4)5)43(45(56)58-38)53(63-44(51)42(41)62-50)30-34-18-14-13-17-32(34)27-33-19-21-39-49(8,59-39)26-23-37-36(33)28-48(37,6)7/h13-14,17-18,27,35-39,41-44,54H,9-12,15-16,19-26,28-31H2,1-8H3,(H,52,57)/t35-,36+,37+,38+,39?,41-,42-,43+,44+,49+,51+/m0/s1. The zero-order valence-electron chi connectivity index (χ0n) is 39.4. The van der Waals surface area contributed by atoms with Gasteiger partial charge in [0.25, 0.3) is 0 Å². The van der Waals surface area contributed by atoms with Crippen molar-refractivity contribution in [3.63, 3.8) is 0 Å². The number of hydrogen-bond donors (Lipinski definition) is 2. The first-order valence-electron chi connectivity index (χ1n) is 24.5. The van der Waals surface area contributed by atoms with E-state index in [9.17, 15) is 14.7 Å². The van der Waals surface area contributed by atoms with Gasteiger partial charge in [-0.2, -0.15) is 5.06 Å². The fourth-order valence-electron chi connectivity index (χ4n) is 12.3. The smallest absolute Gasteiger partial charge is 0.327 e. The van der Waals surface area contributed by atoms with Crippen LogP contribution in [0.1, 0.15) is 169 Å². The summed E-state index contributed by atoms with van der Waals surface area (Å²) < 4.78 is 32.2. The third-order valence-corrected chi connectivity index (χ3v) is 15.8. The molecule has 7 aliphatic rings. The number of allylic oxidation sites excluding steroid dienone is 1. The predicted octanol–water partition coefficient (Wildman–Crippen LogP) is 8.50. The van der Waals surface area contributed by atoms with E-state index >= 15 is 4.79 Å². The maximum atomic E-state index is 15.2. The predicted molar refractivity (Wildman–Crippen MR) is 238 cm³/mol. The van der Waals surface area contributed by atoms with E-state index in [4.69, 9.17) is 28.5 Å². The van der Waals surface area contributed by atoms with Crippen molar-refractivity contribution >= 4 is 23.9 Å². The number of epoxide rings is 1. The zero-order chi connectivity index (χ0) is 45.0. The van der Waals surface area contributed by atoms with E-state index in [2.05, 4.69) is 64.2 Å². The monoisotopic (exact) mass is 877 g/mol. The van der Waals surface area contributed by atoms with Crippen molar-refractivity contribution in [3.05, 3.63) is 41.0 Å². The number of hydrogen-bond acceptors (Lipinski definition) is 11. The molecule has 350 valence electrons. The van der Waals surface area contributed by atoms with Crippen LogP contribution in [-0.2, 0) is 49.5 Å². The molecule has 8 rings (SSSR count). The average Bonchev–Trinajstić information content (AvgIpc) is 3.50. The van der Waals surface area contributed by atoms with E-state index in [1.165, 1.54) is 5.57 Å². The van der Waals surface area contributed by atoms with Crippen molar-refractivity contribution in [2.45, 2.75) is 224 Å². The molecule has 1 aromatic rings. The molecule has 12 nitrogen and oxygen atoms in total. The summed E-state index contributed by atoms with van der Waals surface area (Å²) in [4.78, 5) is 49.5. The van der Waals surface area contributed by atoms with Gasteiger partial charge in [0.2, 0.25) is 5.91 Å². The molecule has 7 fully saturated rings. The molecule has 1 unspecified atom stereocenters. The molecule has 4 saturated heterocycles. The highest BCUT2D eigenvalue weighted by Gasteiger charge is 2.76. The Bertz CT molecular complexity index is 1860. The number of aliphatic hydroxyl groups excluding tert-OH is 1. The van der Waals surface area contributed by atoms with Crippen LogP contribution in [0.2, 0.25) is 0 Å². The Kier molecular flexibility index (Phi) is 13.4. The van der Waals surface area contributed by atoms with E-state index in [0.717, 1.165) is 81.8 Å². The number of hydroxylamine groups is 2. The number of benzene rings is 1. The zero-order valence-corrected chi connectivity index (χ0v) is 39.4. The van der Waals surface area contributed by atoms with Crippen LogP contribution in [0.5, 0.6) is 0 Å². The van der Waals surface area contributed by atoms with Crippen LogP contribution >= 0.6 is 0 Å². The summed E-state index contributed by atoms with van der Waals surface area (Å²) in [7, 11) is 0. The van der Waals surface area contributed by atoms with Gasteiger partial charge in [0, 0.05) is 25.7 Å². The van der Waals surface area contributed by atoms with Gasteiger partial charge < -0.3 is 34.1 Å². The molecule has 1 amide bonds. The molecule has 12 heteroatoms. The molecule has 1 aromatic carbocycles. The lowest BCUT2D eigenvalue weighted by atomic mass is 9.52. The summed E-state index contributed by atoms with van der Waals surface area (Å²) in [6, 6.07) is 6.46. The molecular formula is C51H76N2O10. The number of unbranched alkanes of at least 4 members (excludes halogenated alkanes) is 4. The normalized spacial score (nSPS) is 36.1. The minimum absolute atomic E-state index is 0.00361. The lowest BCUT2D eigenvalue weighted by molar-refractivity contribution is -0.224. The summed E-state index contributed by atoms with van der Waals surface area (Å²) in [5.41, 5.74) is 1.71. The van der Waals surface area contributed by atoms with E-state index in [0.29, 0.717) is 30.8 Å². The Balaban J connectivity index is 1.11. The van der Waals surface area contributed by atoms with Crippen LogP contribution in [0.4, 0.5) is 0 Å². The van der Waals surface area contributed by atoms with Crippen molar-refractivity contribution in [1.82, 2.24) is 10.4 Å². The molecule has 0 radical (unpaired) electrons. The van der Waals surface area contributed by atoms with Gasteiger partial charge in [-0.1, -0.05) is 89.3 Å². The van der Waals surface area contributed by atoms with Crippen LogP contribution in [0.3, 0.4) is 0 Å². The van der Waals surface area contributed by atoms with Gasteiger partial charge in [-0.3, -0.25) is 19.2 Å². The average molecular weight is 877 g/mol. The first kappa shape index (κ1) is 46.7. The van der Waals surface area contributed by atoms with Gasteiger partial charge in [-0.15, -0.1) is 0 Å². The third-order valence-electron chi connectivity index (χ3n) is 15.8. The van der Waals surface area contributed by atoms with Crippen LogP contribution in [0, 0.1) is 22.7 Å². The van der Waals surface area contributed by atoms with E-state index in [1.807, 2.05) is 6.07 Å². The Morgan fingerprint density at radius 1 is 0.984 bits per heavy atom. The fraction of sp³-hybridized carbons (Fsp3) is 0.784. The van der Waals surface area contributed by atoms with E-state index in [1.54, 1.807) is 25.8 Å². The number of nitrogens with zero attached hydrogens (tertiary/aromatic N) is 1. The summed E-state index contributed by atoms with van der Waals surface area (Å²) in [5, 5.41) is 15.3. The molecule has 3 saturated carbocycles. The quantitative estimate of drug-likeness (QED) is 0.0883. The number of ether oxygens (including phenoxy) is 5. The molecule has 4 heterocycles. The second-order valence-electron chi connectivity index (χ2n) is 22.0. The minimum atomic E-state index is -1.42. The van der Waals surface area contributed by atoms with Crippen LogP contribution in [0.15, 0.2) is 29.8 Å². The van der Waals surface area contributed by atoms with E-state index in [-0.39, 0.29) is 36.8 Å².